The molecule has 2 aromatic rings. The molecule has 2 N–H and O–H groups in total. The van der Waals surface area contributed by atoms with Crippen LogP contribution in [0.3, 0.4) is 0 Å². The van der Waals surface area contributed by atoms with Crippen molar-refractivity contribution in [3.8, 4) is 11.5 Å². The van der Waals surface area contributed by atoms with Crippen LogP contribution in [0.1, 0.15) is 11.3 Å². The fourth-order valence-electron chi connectivity index (χ4n) is 1.59. The van der Waals surface area contributed by atoms with E-state index in [1.54, 1.807) is 24.4 Å². The Morgan fingerprint density at radius 1 is 1.05 bits per heavy atom. The summed E-state index contributed by atoms with van der Waals surface area (Å²) in [6.45, 7) is 0.402. The molecule has 7 heteroatoms. The molecule has 0 spiro atoms. The van der Waals surface area contributed by atoms with Crippen LogP contribution in [0.25, 0.3) is 0 Å². The molecule has 4 nitrogen and oxygen atoms in total. The Kier molecular flexibility index (Phi) is 4.64. The number of alkyl halides is 3. The van der Waals surface area contributed by atoms with Crippen molar-refractivity contribution in [1.82, 2.24) is 4.98 Å². The number of benzene rings is 1. The van der Waals surface area contributed by atoms with Gasteiger partial charge in [0.05, 0.1) is 5.69 Å². The Morgan fingerprint density at radius 2 is 1.76 bits per heavy atom. The molecule has 112 valence electrons. The quantitative estimate of drug-likeness (QED) is 0.922. The summed E-state index contributed by atoms with van der Waals surface area (Å²) < 4.78 is 46.0. The molecule has 1 heterocycles. The molecule has 0 aliphatic rings. The molecule has 0 amide bonds. The SMILES string of the molecule is NCc1ccc(COc2ccccc2OC(F)(F)F)nc1. The van der Waals surface area contributed by atoms with Crippen LogP contribution in [-0.2, 0) is 13.2 Å². The molecule has 0 aliphatic carbocycles. The molecule has 0 atom stereocenters. The number of nitrogens with zero attached hydrogens (tertiary/aromatic N) is 1. The third kappa shape index (κ3) is 4.64. The van der Waals surface area contributed by atoms with Gasteiger partial charge in [0.25, 0.3) is 0 Å². The lowest BCUT2D eigenvalue weighted by Gasteiger charge is -2.13. The molecule has 1 aromatic heterocycles. The van der Waals surface area contributed by atoms with E-state index < -0.39 is 6.36 Å². The van der Waals surface area contributed by atoms with Gasteiger partial charge in [-0.15, -0.1) is 13.2 Å². The molecular formula is C14H13F3N2O2. The Labute approximate surface area is 119 Å². The van der Waals surface area contributed by atoms with Crippen molar-refractivity contribution in [1.29, 1.82) is 0 Å². The maximum absolute atomic E-state index is 12.3. The zero-order valence-electron chi connectivity index (χ0n) is 10.9. The highest BCUT2D eigenvalue weighted by Crippen LogP contribution is 2.32. The fraction of sp³-hybridized carbons (Fsp3) is 0.214. The number of hydrogen-bond acceptors (Lipinski definition) is 4. The van der Waals surface area contributed by atoms with Gasteiger partial charge in [-0.3, -0.25) is 4.98 Å². The van der Waals surface area contributed by atoms with Crippen LogP contribution in [-0.4, -0.2) is 11.3 Å². The predicted octanol–water partition coefficient (Wildman–Crippen LogP) is 3.02. The summed E-state index contributed by atoms with van der Waals surface area (Å²) in [5.41, 5.74) is 6.89. The van der Waals surface area contributed by atoms with Gasteiger partial charge in [0.1, 0.15) is 6.61 Å². The van der Waals surface area contributed by atoms with Crippen molar-refractivity contribution in [3.05, 3.63) is 53.9 Å². The van der Waals surface area contributed by atoms with E-state index in [0.29, 0.717) is 12.2 Å². The third-order valence-corrected chi connectivity index (χ3v) is 2.57. The van der Waals surface area contributed by atoms with E-state index in [2.05, 4.69) is 9.72 Å². The monoisotopic (exact) mass is 298 g/mol. The van der Waals surface area contributed by atoms with Gasteiger partial charge >= 0.3 is 6.36 Å². The van der Waals surface area contributed by atoms with Crippen molar-refractivity contribution in [2.75, 3.05) is 0 Å². The maximum atomic E-state index is 12.3. The minimum absolute atomic E-state index is 0.000439. The van der Waals surface area contributed by atoms with E-state index in [9.17, 15) is 13.2 Å². The number of aromatic nitrogens is 1. The summed E-state index contributed by atoms with van der Waals surface area (Å²) in [6, 6.07) is 9.06. The summed E-state index contributed by atoms with van der Waals surface area (Å²) in [4.78, 5) is 4.10. The minimum Gasteiger partial charge on any atom is -0.483 e. The van der Waals surface area contributed by atoms with Gasteiger partial charge in [-0.05, 0) is 23.8 Å². The first-order valence-electron chi connectivity index (χ1n) is 6.09. The van der Waals surface area contributed by atoms with Gasteiger partial charge in [0.15, 0.2) is 11.5 Å². The predicted molar refractivity (Wildman–Crippen MR) is 69.6 cm³/mol. The largest absolute Gasteiger partial charge is 0.573 e. The third-order valence-electron chi connectivity index (χ3n) is 2.57. The highest BCUT2D eigenvalue weighted by Gasteiger charge is 2.32. The second-order valence-corrected chi connectivity index (χ2v) is 4.15. The number of nitrogens with two attached hydrogens (primary N) is 1. The lowest BCUT2D eigenvalue weighted by atomic mass is 10.2. The molecule has 0 saturated heterocycles. The number of para-hydroxylation sites is 2. The molecular weight excluding hydrogens is 285 g/mol. The van der Waals surface area contributed by atoms with E-state index >= 15 is 0 Å². The first-order valence-corrected chi connectivity index (χ1v) is 6.09. The molecule has 2 rings (SSSR count). The van der Waals surface area contributed by atoms with Crippen LogP contribution in [0.5, 0.6) is 11.5 Å². The van der Waals surface area contributed by atoms with Crippen LogP contribution in [0.2, 0.25) is 0 Å². The van der Waals surface area contributed by atoms with Crippen molar-refractivity contribution in [2.24, 2.45) is 5.73 Å². The zero-order chi connectivity index (χ0) is 15.3. The molecule has 21 heavy (non-hydrogen) atoms. The Bertz CT molecular complexity index is 586. The van der Waals surface area contributed by atoms with Crippen LogP contribution >= 0.6 is 0 Å². The second kappa shape index (κ2) is 6.45. The molecule has 1 aromatic carbocycles. The number of hydrogen-bond donors (Lipinski definition) is 1. The van der Waals surface area contributed by atoms with E-state index in [1.807, 2.05) is 0 Å². The molecule has 0 aliphatic heterocycles. The molecule has 0 bridgehead atoms. The van der Waals surface area contributed by atoms with E-state index in [4.69, 9.17) is 10.5 Å². The minimum atomic E-state index is -4.76. The number of halogens is 3. The van der Waals surface area contributed by atoms with Gasteiger partial charge in [-0.1, -0.05) is 18.2 Å². The first kappa shape index (κ1) is 15.1. The average molecular weight is 298 g/mol. The standard InChI is InChI=1S/C14H13F3N2O2/c15-14(16,17)21-13-4-2-1-3-12(13)20-9-11-6-5-10(7-18)8-19-11/h1-6,8H,7,9,18H2. The summed E-state index contributed by atoms with van der Waals surface area (Å²) >= 11 is 0. The number of ether oxygens (including phenoxy) is 2. The van der Waals surface area contributed by atoms with Crippen molar-refractivity contribution in [2.45, 2.75) is 19.5 Å². The van der Waals surface area contributed by atoms with E-state index in [1.165, 1.54) is 18.2 Å². The zero-order valence-corrected chi connectivity index (χ0v) is 10.9. The van der Waals surface area contributed by atoms with Crippen molar-refractivity contribution < 1.29 is 22.6 Å². The van der Waals surface area contributed by atoms with Crippen LogP contribution < -0.4 is 15.2 Å². The van der Waals surface area contributed by atoms with E-state index in [-0.39, 0.29) is 18.1 Å². The lowest BCUT2D eigenvalue weighted by Crippen LogP contribution is -2.17. The second-order valence-electron chi connectivity index (χ2n) is 4.15. The van der Waals surface area contributed by atoms with Crippen molar-refractivity contribution in [3.63, 3.8) is 0 Å². The summed E-state index contributed by atoms with van der Waals surface area (Å²) in [5, 5.41) is 0. The maximum Gasteiger partial charge on any atom is 0.573 e. The molecule has 0 unspecified atom stereocenters. The fourth-order valence-corrected chi connectivity index (χ4v) is 1.59. The van der Waals surface area contributed by atoms with Gasteiger partial charge < -0.3 is 15.2 Å². The lowest BCUT2D eigenvalue weighted by molar-refractivity contribution is -0.275. The van der Waals surface area contributed by atoms with Crippen LogP contribution in [0, 0.1) is 0 Å². The highest BCUT2D eigenvalue weighted by atomic mass is 19.4. The van der Waals surface area contributed by atoms with Gasteiger partial charge in [-0.25, -0.2) is 0 Å². The normalized spacial score (nSPS) is 11.2. The van der Waals surface area contributed by atoms with Crippen LogP contribution in [0.15, 0.2) is 42.6 Å². The Morgan fingerprint density at radius 3 is 2.33 bits per heavy atom. The summed E-state index contributed by atoms with van der Waals surface area (Å²) in [7, 11) is 0. The summed E-state index contributed by atoms with van der Waals surface area (Å²) in [5.74, 6) is -0.386. The summed E-state index contributed by atoms with van der Waals surface area (Å²) in [6.07, 6.45) is -3.17. The molecule has 0 radical (unpaired) electrons. The van der Waals surface area contributed by atoms with Gasteiger partial charge in [0, 0.05) is 12.7 Å². The smallest absolute Gasteiger partial charge is 0.483 e. The topological polar surface area (TPSA) is 57.4 Å². The van der Waals surface area contributed by atoms with Crippen molar-refractivity contribution >= 4 is 0 Å². The van der Waals surface area contributed by atoms with Gasteiger partial charge in [0.2, 0.25) is 0 Å². The van der Waals surface area contributed by atoms with E-state index in [0.717, 1.165) is 5.56 Å². The highest BCUT2D eigenvalue weighted by molar-refractivity contribution is 5.39. The average Bonchev–Trinajstić information content (AvgIpc) is 2.45. The van der Waals surface area contributed by atoms with Gasteiger partial charge in [-0.2, -0.15) is 0 Å². The Hall–Kier alpha value is -2.28. The van der Waals surface area contributed by atoms with Crippen LogP contribution in [0.4, 0.5) is 13.2 Å². The molecule has 0 fully saturated rings. The first-order chi connectivity index (χ1) is 9.98. The number of pyridine rings is 1. The molecule has 0 saturated carbocycles. The number of rotatable bonds is 5. The Balaban J connectivity index is 2.05.